The van der Waals surface area contributed by atoms with E-state index in [0.29, 0.717) is 28.9 Å². The Morgan fingerprint density at radius 2 is 2.14 bits per heavy atom. The number of nitrogens with zero attached hydrogens (tertiary/aromatic N) is 5. The molecule has 0 aliphatic carbocycles. The van der Waals surface area contributed by atoms with E-state index in [0.717, 1.165) is 16.0 Å². The van der Waals surface area contributed by atoms with Crippen molar-refractivity contribution in [1.29, 1.82) is 0 Å². The molecule has 0 unspecified atom stereocenters. The number of thioether (sulfide) groups is 1. The molecule has 28 heavy (non-hydrogen) atoms. The second-order valence-corrected chi connectivity index (χ2v) is 8.04. The van der Waals surface area contributed by atoms with Crippen molar-refractivity contribution in [2.24, 2.45) is 7.05 Å². The molecule has 2 heterocycles. The molecule has 0 saturated heterocycles. The van der Waals surface area contributed by atoms with Crippen molar-refractivity contribution in [2.75, 3.05) is 11.4 Å². The van der Waals surface area contributed by atoms with Crippen molar-refractivity contribution in [2.45, 2.75) is 31.4 Å². The predicted octanol–water partition coefficient (Wildman–Crippen LogP) is 4.17. The number of carbonyl (C=O) groups is 1. The summed E-state index contributed by atoms with van der Waals surface area (Å²) in [6.07, 6.45) is 0. The molecular formula is C18H20ClN5O2S2. The minimum absolute atomic E-state index is 0.00693. The summed E-state index contributed by atoms with van der Waals surface area (Å²) >= 11 is 9.11. The highest BCUT2D eigenvalue weighted by atomic mass is 35.5. The molecule has 148 valence electrons. The molecule has 1 amide bonds. The zero-order chi connectivity index (χ0) is 20.1. The summed E-state index contributed by atoms with van der Waals surface area (Å²) in [4.78, 5) is 17.8. The van der Waals surface area contributed by atoms with E-state index >= 15 is 0 Å². The fourth-order valence-corrected chi connectivity index (χ4v) is 4.47. The molecule has 0 atom stereocenters. The van der Waals surface area contributed by atoms with E-state index in [-0.39, 0.29) is 12.5 Å². The van der Waals surface area contributed by atoms with E-state index in [1.165, 1.54) is 23.1 Å². The minimum atomic E-state index is -0.00693. The third-order valence-corrected chi connectivity index (χ3v) is 6.21. The number of rotatable bonds is 8. The van der Waals surface area contributed by atoms with Crippen LogP contribution in [0.3, 0.4) is 0 Å². The standard InChI is InChI=1S/C18H20ClN5O2S2/c1-4-24(12(2)25)17-20-13(10-27-17)11-28-18-22-21-16(23(18)3)9-26-15-8-6-5-7-14(15)19/h5-8,10H,4,9,11H2,1-3H3. The third-order valence-electron chi connectivity index (χ3n) is 3.93. The molecule has 0 bridgehead atoms. The number of para-hydroxylation sites is 1. The topological polar surface area (TPSA) is 73.1 Å². The van der Waals surface area contributed by atoms with Gasteiger partial charge < -0.3 is 9.30 Å². The first-order chi connectivity index (χ1) is 13.5. The van der Waals surface area contributed by atoms with Crippen LogP contribution >= 0.6 is 34.7 Å². The zero-order valence-corrected chi connectivity index (χ0v) is 18.1. The molecule has 0 aliphatic rings. The first-order valence-electron chi connectivity index (χ1n) is 8.60. The van der Waals surface area contributed by atoms with E-state index in [4.69, 9.17) is 16.3 Å². The van der Waals surface area contributed by atoms with Crippen LogP contribution < -0.4 is 9.64 Å². The van der Waals surface area contributed by atoms with Crippen molar-refractivity contribution >= 4 is 45.7 Å². The quantitative estimate of drug-likeness (QED) is 0.492. The molecule has 10 heteroatoms. The fourth-order valence-electron chi connectivity index (χ4n) is 2.42. The lowest BCUT2D eigenvalue weighted by Crippen LogP contribution is -2.27. The summed E-state index contributed by atoms with van der Waals surface area (Å²) in [6, 6.07) is 7.32. The summed E-state index contributed by atoms with van der Waals surface area (Å²) in [5.41, 5.74) is 0.904. The fraction of sp³-hybridized carbons (Fsp3) is 0.333. The summed E-state index contributed by atoms with van der Waals surface area (Å²) in [5.74, 6) is 1.95. The van der Waals surface area contributed by atoms with E-state index < -0.39 is 0 Å². The van der Waals surface area contributed by atoms with Gasteiger partial charge in [0.2, 0.25) is 5.91 Å². The SMILES string of the molecule is CCN(C(C)=O)c1nc(CSc2nnc(COc3ccccc3Cl)n2C)cs1. The number of anilines is 1. The number of benzene rings is 1. The number of thiazole rings is 1. The number of amides is 1. The zero-order valence-electron chi connectivity index (χ0n) is 15.8. The molecule has 0 N–H and O–H groups in total. The lowest BCUT2D eigenvalue weighted by molar-refractivity contribution is -0.116. The molecule has 0 aliphatic heterocycles. The van der Waals surface area contributed by atoms with Gasteiger partial charge in [-0.05, 0) is 19.1 Å². The highest BCUT2D eigenvalue weighted by molar-refractivity contribution is 7.98. The Hall–Kier alpha value is -2.10. The molecule has 0 spiro atoms. The van der Waals surface area contributed by atoms with E-state index in [1.807, 2.05) is 42.1 Å². The molecule has 0 saturated carbocycles. The number of ether oxygens (including phenoxy) is 1. The Bertz CT molecular complexity index is 959. The first-order valence-corrected chi connectivity index (χ1v) is 10.8. The molecule has 3 aromatic rings. The smallest absolute Gasteiger partial charge is 0.225 e. The second kappa shape index (κ2) is 9.40. The third kappa shape index (κ3) is 4.84. The highest BCUT2D eigenvalue weighted by Gasteiger charge is 2.15. The molecule has 2 aromatic heterocycles. The summed E-state index contributed by atoms with van der Waals surface area (Å²) in [6.45, 7) is 4.36. The number of aromatic nitrogens is 4. The lowest BCUT2D eigenvalue weighted by atomic mass is 10.3. The lowest BCUT2D eigenvalue weighted by Gasteiger charge is -2.14. The average molecular weight is 438 g/mol. The summed E-state index contributed by atoms with van der Waals surface area (Å²) in [5, 5.41) is 12.4. The van der Waals surface area contributed by atoms with Crippen molar-refractivity contribution in [1.82, 2.24) is 19.7 Å². The first kappa shape index (κ1) is 20.6. The predicted molar refractivity (Wildman–Crippen MR) is 112 cm³/mol. The monoisotopic (exact) mass is 437 g/mol. The maximum atomic E-state index is 11.6. The maximum absolute atomic E-state index is 11.6. The molecular weight excluding hydrogens is 418 g/mol. The average Bonchev–Trinajstić information content (AvgIpc) is 3.27. The molecule has 0 fully saturated rings. The van der Waals surface area contributed by atoms with Crippen LogP contribution in [0.5, 0.6) is 5.75 Å². The van der Waals surface area contributed by atoms with Crippen LogP contribution in [0.15, 0.2) is 34.8 Å². The van der Waals surface area contributed by atoms with Crippen LogP contribution in [-0.2, 0) is 24.2 Å². The van der Waals surface area contributed by atoms with Gasteiger partial charge >= 0.3 is 0 Å². The molecule has 0 radical (unpaired) electrons. The van der Waals surface area contributed by atoms with Crippen molar-refractivity contribution in [3.8, 4) is 5.75 Å². The van der Waals surface area contributed by atoms with E-state index in [9.17, 15) is 4.79 Å². The second-order valence-electron chi connectivity index (χ2n) is 5.85. The minimum Gasteiger partial charge on any atom is -0.484 e. The largest absolute Gasteiger partial charge is 0.484 e. The van der Waals surface area contributed by atoms with Crippen molar-refractivity contribution < 1.29 is 9.53 Å². The van der Waals surface area contributed by atoms with Gasteiger partial charge in [0.25, 0.3) is 0 Å². The van der Waals surface area contributed by atoms with Gasteiger partial charge in [-0.15, -0.1) is 21.5 Å². The van der Waals surface area contributed by atoms with Crippen molar-refractivity contribution in [3.05, 3.63) is 46.2 Å². The van der Waals surface area contributed by atoms with Crippen LogP contribution in [0.25, 0.3) is 0 Å². The number of hydrogen-bond acceptors (Lipinski definition) is 7. The Labute approximate surface area is 176 Å². The van der Waals surface area contributed by atoms with Gasteiger partial charge in [-0.3, -0.25) is 9.69 Å². The molecule has 1 aromatic carbocycles. The number of halogens is 1. The van der Waals surface area contributed by atoms with Crippen LogP contribution in [0.1, 0.15) is 25.4 Å². The van der Waals surface area contributed by atoms with Gasteiger partial charge in [0.1, 0.15) is 12.4 Å². The van der Waals surface area contributed by atoms with Gasteiger partial charge in [0.15, 0.2) is 16.1 Å². The van der Waals surface area contributed by atoms with E-state index in [2.05, 4.69) is 15.2 Å². The van der Waals surface area contributed by atoms with Crippen LogP contribution in [0, 0.1) is 0 Å². The Balaban J connectivity index is 1.60. The number of hydrogen-bond donors (Lipinski definition) is 0. The molecule has 7 nitrogen and oxygen atoms in total. The van der Waals surface area contributed by atoms with Gasteiger partial charge in [0, 0.05) is 31.6 Å². The summed E-state index contributed by atoms with van der Waals surface area (Å²) < 4.78 is 7.62. The van der Waals surface area contributed by atoms with Crippen molar-refractivity contribution in [3.63, 3.8) is 0 Å². The highest BCUT2D eigenvalue weighted by Crippen LogP contribution is 2.27. The Kier molecular flexibility index (Phi) is 6.93. The normalized spacial score (nSPS) is 10.9. The van der Waals surface area contributed by atoms with Crippen LogP contribution in [-0.4, -0.2) is 32.2 Å². The van der Waals surface area contributed by atoms with Gasteiger partial charge in [-0.1, -0.05) is 35.5 Å². The maximum Gasteiger partial charge on any atom is 0.225 e. The Morgan fingerprint density at radius 1 is 1.36 bits per heavy atom. The van der Waals surface area contributed by atoms with Gasteiger partial charge in [0.05, 0.1) is 10.7 Å². The van der Waals surface area contributed by atoms with E-state index in [1.54, 1.807) is 17.9 Å². The van der Waals surface area contributed by atoms with Crippen LogP contribution in [0.2, 0.25) is 5.02 Å². The van der Waals surface area contributed by atoms with Gasteiger partial charge in [-0.2, -0.15) is 0 Å². The summed E-state index contributed by atoms with van der Waals surface area (Å²) in [7, 11) is 1.90. The number of carbonyl (C=O) groups excluding carboxylic acids is 1. The molecule has 3 rings (SSSR count). The van der Waals surface area contributed by atoms with Crippen LogP contribution in [0.4, 0.5) is 5.13 Å². The van der Waals surface area contributed by atoms with Gasteiger partial charge in [-0.25, -0.2) is 4.98 Å². The Morgan fingerprint density at radius 3 is 2.86 bits per heavy atom.